The molecule has 1 fully saturated rings. The number of anilines is 1. The summed E-state index contributed by atoms with van der Waals surface area (Å²) in [6.45, 7) is 0.0589. The van der Waals surface area contributed by atoms with Crippen molar-refractivity contribution in [1.82, 2.24) is 4.90 Å². The third-order valence-electron chi connectivity index (χ3n) is 4.24. The predicted octanol–water partition coefficient (Wildman–Crippen LogP) is 0.493. The van der Waals surface area contributed by atoms with Crippen molar-refractivity contribution in [2.45, 2.75) is 25.4 Å². The highest BCUT2D eigenvalue weighted by Crippen LogP contribution is 2.33. The molecule has 1 aromatic carbocycles. The first-order chi connectivity index (χ1) is 12.0. The van der Waals surface area contributed by atoms with Crippen molar-refractivity contribution in [1.29, 1.82) is 0 Å². The van der Waals surface area contributed by atoms with Gasteiger partial charge in [0.1, 0.15) is 5.75 Å². The van der Waals surface area contributed by atoms with E-state index in [-0.39, 0.29) is 50.1 Å². The van der Waals surface area contributed by atoms with E-state index in [9.17, 15) is 19.2 Å². The Kier molecular flexibility index (Phi) is 4.69. The number of hydrogen-bond donors (Lipinski definition) is 0. The largest absolute Gasteiger partial charge is 0.475 e. The van der Waals surface area contributed by atoms with Crippen LogP contribution in [0.2, 0.25) is 0 Å². The van der Waals surface area contributed by atoms with Gasteiger partial charge in [0.25, 0.3) is 0 Å². The molecule has 2 heterocycles. The number of esters is 1. The molecular weight excluding hydrogens is 328 g/mol. The maximum atomic E-state index is 12.7. The van der Waals surface area contributed by atoms with Gasteiger partial charge in [0, 0.05) is 25.8 Å². The van der Waals surface area contributed by atoms with Crippen LogP contribution in [-0.2, 0) is 23.9 Å². The summed E-state index contributed by atoms with van der Waals surface area (Å²) in [4.78, 5) is 50.3. The average Bonchev–Trinajstić information content (AvgIpc) is 2.95. The van der Waals surface area contributed by atoms with Gasteiger partial charge in [0.05, 0.1) is 19.3 Å². The lowest BCUT2D eigenvalue weighted by Gasteiger charge is -2.33. The highest BCUT2D eigenvalue weighted by molar-refractivity contribution is 6.03. The number of carbonyl (C=O) groups excluding carboxylic acids is 4. The van der Waals surface area contributed by atoms with E-state index in [0.29, 0.717) is 11.4 Å². The minimum absolute atomic E-state index is 0.0142. The predicted molar refractivity (Wildman–Crippen MR) is 85.8 cm³/mol. The van der Waals surface area contributed by atoms with E-state index in [1.54, 1.807) is 24.3 Å². The molecule has 2 aliphatic rings. The molecule has 25 heavy (non-hydrogen) atoms. The Hall–Kier alpha value is -2.90. The van der Waals surface area contributed by atoms with E-state index in [0.717, 1.165) is 4.90 Å². The molecule has 0 N–H and O–H groups in total. The first-order valence-electron chi connectivity index (χ1n) is 7.98. The summed E-state index contributed by atoms with van der Waals surface area (Å²) in [5.74, 6) is -0.972. The second-order valence-corrected chi connectivity index (χ2v) is 5.79. The van der Waals surface area contributed by atoms with Crippen molar-refractivity contribution in [2.75, 3.05) is 25.1 Å². The molecule has 132 valence electrons. The minimum atomic E-state index is -0.918. The van der Waals surface area contributed by atoms with Gasteiger partial charge in [0.2, 0.25) is 23.8 Å². The SMILES string of the molecule is COC(=O)[C@H]1CN(C(=O)CCN2C(=O)CCC2=O)c2ccccc2O1. The van der Waals surface area contributed by atoms with E-state index in [1.165, 1.54) is 12.0 Å². The fraction of sp³-hybridized carbons (Fsp3) is 0.412. The number of amides is 3. The molecule has 0 bridgehead atoms. The summed E-state index contributed by atoms with van der Waals surface area (Å²) in [7, 11) is 1.25. The zero-order valence-corrected chi connectivity index (χ0v) is 13.8. The summed E-state index contributed by atoms with van der Waals surface area (Å²) in [5.41, 5.74) is 0.548. The van der Waals surface area contributed by atoms with E-state index in [2.05, 4.69) is 0 Å². The monoisotopic (exact) mass is 346 g/mol. The Morgan fingerprint density at radius 2 is 1.88 bits per heavy atom. The average molecular weight is 346 g/mol. The maximum Gasteiger partial charge on any atom is 0.348 e. The van der Waals surface area contributed by atoms with E-state index in [4.69, 9.17) is 9.47 Å². The van der Waals surface area contributed by atoms with Crippen molar-refractivity contribution in [3.8, 4) is 5.75 Å². The van der Waals surface area contributed by atoms with E-state index in [1.807, 2.05) is 0 Å². The Morgan fingerprint density at radius 3 is 2.56 bits per heavy atom. The molecular formula is C17H18N2O6. The number of hydrogen-bond acceptors (Lipinski definition) is 6. The first kappa shape index (κ1) is 16.9. The van der Waals surface area contributed by atoms with Crippen LogP contribution >= 0.6 is 0 Å². The summed E-state index contributed by atoms with van der Waals surface area (Å²) in [6, 6.07) is 6.88. The molecule has 1 saturated heterocycles. The minimum Gasteiger partial charge on any atom is -0.475 e. The number of likely N-dealkylation sites (tertiary alicyclic amines) is 1. The highest BCUT2D eigenvalue weighted by Gasteiger charge is 2.35. The van der Waals surface area contributed by atoms with Crippen LogP contribution in [0.4, 0.5) is 5.69 Å². The van der Waals surface area contributed by atoms with E-state index < -0.39 is 12.1 Å². The molecule has 0 radical (unpaired) electrons. The Balaban J connectivity index is 1.75. The van der Waals surface area contributed by atoms with Crippen LogP contribution in [0.15, 0.2) is 24.3 Å². The highest BCUT2D eigenvalue weighted by atomic mass is 16.6. The number of ether oxygens (including phenoxy) is 2. The van der Waals surface area contributed by atoms with Crippen LogP contribution in [0.25, 0.3) is 0 Å². The molecule has 0 spiro atoms. The number of imide groups is 1. The zero-order valence-electron chi connectivity index (χ0n) is 13.8. The molecule has 8 heteroatoms. The molecule has 0 unspecified atom stereocenters. The van der Waals surface area contributed by atoms with E-state index >= 15 is 0 Å². The quantitative estimate of drug-likeness (QED) is 0.582. The summed E-state index contributed by atoms with van der Waals surface area (Å²) < 4.78 is 10.3. The van der Waals surface area contributed by atoms with Crippen LogP contribution in [0.5, 0.6) is 5.75 Å². The summed E-state index contributed by atoms with van der Waals surface area (Å²) in [5, 5.41) is 0. The van der Waals surface area contributed by atoms with Crippen LogP contribution in [0.3, 0.4) is 0 Å². The maximum absolute atomic E-state index is 12.7. The number of carbonyl (C=O) groups is 4. The molecule has 3 rings (SSSR count). The summed E-state index contributed by atoms with van der Waals surface area (Å²) in [6.07, 6.45) is -0.547. The Bertz CT molecular complexity index is 716. The fourth-order valence-electron chi connectivity index (χ4n) is 2.94. The number of para-hydroxylation sites is 2. The fourth-order valence-corrected chi connectivity index (χ4v) is 2.94. The third kappa shape index (κ3) is 3.33. The normalized spacial score (nSPS) is 19.5. The molecule has 8 nitrogen and oxygen atoms in total. The lowest BCUT2D eigenvalue weighted by Crippen LogP contribution is -2.48. The standard InChI is InChI=1S/C17H18N2O6/c1-24-17(23)13-10-19(11-4-2-3-5-12(11)25-13)16(22)8-9-18-14(20)6-7-15(18)21/h2-5,13H,6-10H2,1H3/t13-/m1/s1. The lowest BCUT2D eigenvalue weighted by molar-refractivity contribution is -0.148. The number of methoxy groups -OCH3 is 1. The topological polar surface area (TPSA) is 93.2 Å². The van der Waals surface area contributed by atoms with Crippen LogP contribution in [0, 0.1) is 0 Å². The van der Waals surface area contributed by atoms with Crippen molar-refractivity contribution in [3.63, 3.8) is 0 Å². The van der Waals surface area contributed by atoms with Gasteiger partial charge in [-0.15, -0.1) is 0 Å². The van der Waals surface area contributed by atoms with Crippen LogP contribution in [0.1, 0.15) is 19.3 Å². The van der Waals surface area contributed by atoms with Crippen molar-refractivity contribution in [3.05, 3.63) is 24.3 Å². The second kappa shape index (κ2) is 6.92. The zero-order chi connectivity index (χ0) is 18.0. The molecule has 3 amide bonds. The van der Waals surface area contributed by atoms with Crippen molar-refractivity contribution < 1.29 is 28.7 Å². The van der Waals surface area contributed by atoms with Gasteiger partial charge in [-0.05, 0) is 12.1 Å². The van der Waals surface area contributed by atoms with Crippen molar-refractivity contribution in [2.24, 2.45) is 0 Å². The van der Waals surface area contributed by atoms with Gasteiger partial charge < -0.3 is 14.4 Å². The molecule has 1 aromatic rings. The van der Waals surface area contributed by atoms with Crippen LogP contribution < -0.4 is 9.64 Å². The molecule has 0 saturated carbocycles. The van der Waals surface area contributed by atoms with Crippen molar-refractivity contribution >= 4 is 29.4 Å². The number of rotatable bonds is 4. The second-order valence-electron chi connectivity index (χ2n) is 5.79. The molecule has 1 atom stereocenters. The van der Waals surface area contributed by atoms with Gasteiger partial charge in [-0.2, -0.15) is 0 Å². The summed E-state index contributed by atoms with van der Waals surface area (Å²) >= 11 is 0. The van der Waals surface area contributed by atoms with Gasteiger partial charge in [-0.1, -0.05) is 12.1 Å². The lowest BCUT2D eigenvalue weighted by atomic mass is 10.1. The van der Waals surface area contributed by atoms with Crippen LogP contribution in [-0.4, -0.2) is 54.9 Å². The Morgan fingerprint density at radius 1 is 1.20 bits per heavy atom. The number of nitrogens with zero attached hydrogens (tertiary/aromatic N) is 2. The number of benzene rings is 1. The first-order valence-corrected chi connectivity index (χ1v) is 7.98. The van der Waals surface area contributed by atoms with Gasteiger partial charge >= 0.3 is 5.97 Å². The number of fused-ring (bicyclic) bond motifs is 1. The molecule has 0 aliphatic carbocycles. The van der Waals surface area contributed by atoms with Gasteiger partial charge in [-0.25, -0.2) is 4.79 Å². The third-order valence-corrected chi connectivity index (χ3v) is 4.24. The van der Waals surface area contributed by atoms with Gasteiger partial charge in [0.15, 0.2) is 0 Å². The molecule has 2 aliphatic heterocycles. The molecule has 0 aromatic heterocycles. The Labute approximate surface area is 144 Å². The smallest absolute Gasteiger partial charge is 0.348 e. The van der Waals surface area contributed by atoms with Gasteiger partial charge in [-0.3, -0.25) is 19.3 Å².